The van der Waals surface area contributed by atoms with Crippen LogP contribution in [0.15, 0.2) is 78.9 Å². The van der Waals surface area contributed by atoms with Crippen LogP contribution in [-0.4, -0.2) is 30.7 Å². The number of nitrogens with zero attached hydrogens (tertiary/aromatic N) is 1. The second-order valence-corrected chi connectivity index (χ2v) is 8.93. The molecule has 3 aromatic carbocycles. The number of carbonyl (C=O) groups excluding carboxylic acids is 4. The highest BCUT2D eigenvalue weighted by Gasteiger charge is 2.70. The van der Waals surface area contributed by atoms with E-state index >= 15 is 4.39 Å². The summed E-state index contributed by atoms with van der Waals surface area (Å²) in [5.41, 5.74) is -0.615. The van der Waals surface area contributed by atoms with Gasteiger partial charge in [0.2, 0.25) is 11.8 Å². The van der Waals surface area contributed by atoms with Crippen LogP contribution >= 0.6 is 0 Å². The average molecular weight is 486 g/mol. The first-order valence-corrected chi connectivity index (χ1v) is 11.5. The molecule has 7 nitrogen and oxygen atoms in total. The molecule has 0 radical (unpaired) electrons. The molecule has 2 amide bonds. The standard InChI is InChI=1S/C28H23FN2O5/c1-16(32)17-9-8-12-19(15-17)31-25(33)22-23(26(31)34)28(27(35)36-2,18-10-4-3-5-11-18)30-24(22)20-13-6-7-14-21(20)29/h3-15,22-24,30H,1-2H3/t22-,23-,24-,28+/m0/s1. The minimum atomic E-state index is -1.74. The Morgan fingerprint density at radius 1 is 0.944 bits per heavy atom. The van der Waals surface area contributed by atoms with Crippen LogP contribution in [-0.2, 0) is 24.7 Å². The van der Waals surface area contributed by atoms with Crippen molar-refractivity contribution in [2.75, 3.05) is 12.0 Å². The van der Waals surface area contributed by atoms with Gasteiger partial charge < -0.3 is 4.74 Å². The van der Waals surface area contributed by atoms with Gasteiger partial charge in [0.25, 0.3) is 0 Å². The second kappa shape index (κ2) is 8.80. The summed E-state index contributed by atoms with van der Waals surface area (Å²) in [6, 6.07) is 19.7. The van der Waals surface area contributed by atoms with Gasteiger partial charge in [-0.25, -0.2) is 14.1 Å². The first-order valence-electron chi connectivity index (χ1n) is 11.5. The van der Waals surface area contributed by atoms with Gasteiger partial charge in [0.1, 0.15) is 5.82 Å². The maximum absolute atomic E-state index is 15.0. The summed E-state index contributed by atoms with van der Waals surface area (Å²) in [5, 5.41) is 3.16. The van der Waals surface area contributed by atoms with Gasteiger partial charge in [-0.15, -0.1) is 0 Å². The van der Waals surface area contributed by atoms with Crippen LogP contribution < -0.4 is 10.2 Å². The summed E-state index contributed by atoms with van der Waals surface area (Å²) >= 11 is 0. The molecule has 0 saturated carbocycles. The normalized spacial score (nSPS) is 25.1. The highest BCUT2D eigenvalue weighted by molar-refractivity contribution is 6.24. The molecule has 0 aliphatic carbocycles. The van der Waals surface area contributed by atoms with Crippen LogP contribution in [0.4, 0.5) is 10.1 Å². The molecule has 8 heteroatoms. The molecule has 2 fully saturated rings. The molecule has 2 saturated heterocycles. The van der Waals surface area contributed by atoms with Gasteiger partial charge in [0.15, 0.2) is 11.3 Å². The molecule has 2 aliphatic rings. The summed E-state index contributed by atoms with van der Waals surface area (Å²) in [4.78, 5) is 54.4. The Morgan fingerprint density at radius 3 is 2.31 bits per heavy atom. The molecule has 0 bridgehead atoms. The number of nitrogens with one attached hydrogen (secondary N) is 1. The van der Waals surface area contributed by atoms with Crippen molar-refractivity contribution in [3.8, 4) is 0 Å². The summed E-state index contributed by atoms with van der Waals surface area (Å²) < 4.78 is 20.2. The molecule has 4 atom stereocenters. The quantitative estimate of drug-likeness (QED) is 0.337. The van der Waals surface area contributed by atoms with Crippen molar-refractivity contribution in [3.63, 3.8) is 0 Å². The number of hydrogen-bond donors (Lipinski definition) is 1. The van der Waals surface area contributed by atoms with E-state index in [1.165, 1.54) is 38.3 Å². The molecule has 1 N–H and O–H groups in total. The smallest absolute Gasteiger partial charge is 0.331 e. The number of esters is 1. The number of ketones is 1. The lowest BCUT2D eigenvalue weighted by molar-refractivity contribution is -0.152. The molecule has 0 aromatic heterocycles. The lowest BCUT2D eigenvalue weighted by atomic mass is 9.75. The summed E-state index contributed by atoms with van der Waals surface area (Å²) in [5.74, 6) is -5.10. The van der Waals surface area contributed by atoms with E-state index in [0.717, 1.165) is 4.90 Å². The number of amides is 2. The highest BCUT2D eigenvalue weighted by atomic mass is 19.1. The van der Waals surface area contributed by atoms with Crippen LogP contribution in [0.1, 0.15) is 34.5 Å². The zero-order valence-electron chi connectivity index (χ0n) is 19.6. The summed E-state index contributed by atoms with van der Waals surface area (Å²) in [7, 11) is 1.20. The fourth-order valence-corrected chi connectivity index (χ4v) is 5.45. The molecule has 0 spiro atoms. The van der Waals surface area contributed by atoms with Crippen molar-refractivity contribution < 1.29 is 28.3 Å². The predicted octanol–water partition coefficient (Wildman–Crippen LogP) is 3.55. The Bertz CT molecular complexity index is 1390. The van der Waals surface area contributed by atoms with Crippen LogP contribution in [0.5, 0.6) is 0 Å². The van der Waals surface area contributed by atoms with Crippen molar-refractivity contribution in [3.05, 3.63) is 101 Å². The number of ether oxygens (including phenoxy) is 1. The van der Waals surface area contributed by atoms with Gasteiger partial charge in [-0.05, 0) is 30.7 Å². The number of Topliss-reactive ketones (excluding diaryl/α,β-unsaturated/α-hetero) is 1. The first kappa shape index (κ1) is 23.6. The predicted molar refractivity (Wildman–Crippen MR) is 128 cm³/mol. The fraction of sp³-hybridized carbons (Fsp3) is 0.214. The number of benzene rings is 3. The maximum atomic E-state index is 15.0. The third-order valence-corrected chi connectivity index (χ3v) is 7.05. The van der Waals surface area contributed by atoms with Gasteiger partial charge in [-0.3, -0.25) is 19.7 Å². The molecular weight excluding hydrogens is 463 g/mol. The van der Waals surface area contributed by atoms with Gasteiger partial charge in [0, 0.05) is 17.2 Å². The Morgan fingerprint density at radius 2 is 1.64 bits per heavy atom. The lowest BCUT2D eigenvalue weighted by Crippen LogP contribution is -2.53. The molecule has 182 valence electrons. The minimum absolute atomic E-state index is 0.162. The number of halogens is 1. The van der Waals surface area contributed by atoms with E-state index in [1.807, 2.05) is 0 Å². The van der Waals surface area contributed by atoms with E-state index in [1.54, 1.807) is 54.6 Å². The van der Waals surface area contributed by atoms with Gasteiger partial charge in [-0.1, -0.05) is 60.7 Å². The van der Waals surface area contributed by atoms with E-state index in [2.05, 4.69) is 5.32 Å². The largest absolute Gasteiger partial charge is 0.467 e. The molecule has 2 aliphatic heterocycles. The minimum Gasteiger partial charge on any atom is -0.467 e. The van der Waals surface area contributed by atoms with Crippen LogP contribution in [0.2, 0.25) is 0 Å². The monoisotopic (exact) mass is 486 g/mol. The Labute approximate surface area is 206 Å². The topological polar surface area (TPSA) is 92.8 Å². The van der Waals surface area contributed by atoms with Gasteiger partial charge >= 0.3 is 5.97 Å². The van der Waals surface area contributed by atoms with E-state index < -0.39 is 47.0 Å². The van der Waals surface area contributed by atoms with Crippen molar-refractivity contribution in [2.45, 2.75) is 18.5 Å². The number of rotatable bonds is 5. The van der Waals surface area contributed by atoms with Crippen molar-refractivity contribution in [1.29, 1.82) is 0 Å². The zero-order chi connectivity index (χ0) is 25.6. The van der Waals surface area contributed by atoms with Crippen LogP contribution in [0.25, 0.3) is 0 Å². The van der Waals surface area contributed by atoms with Crippen molar-refractivity contribution >= 4 is 29.3 Å². The summed E-state index contributed by atoms with van der Waals surface area (Å²) in [6.07, 6.45) is 0. The molecule has 0 unspecified atom stereocenters. The number of hydrogen-bond acceptors (Lipinski definition) is 6. The summed E-state index contributed by atoms with van der Waals surface area (Å²) in [6.45, 7) is 1.39. The molecule has 5 rings (SSSR count). The van der Waals surface area contributed by atoms with Gasteiger partial charge in [-0.2, -0.15) is 0 Å². The van der Waals surface area contributed by atoms with Crippen molar-refractivity contribution in [2.24, 2.45) is 11.8 Å². The lowest BCUT2D eigenvalue weighted by Gasteiger charge is -2.33. The molecule has 3 aromatic rings. The Kier molecular flexibility index (Phi) is 5.76. The maximum Gasteiger partial charge on any atom is 0.331 e. The number of fused-ring (bicyclic) bond motifs is 1. The third-order valence-electron chi connectivity index (χ3n) is 7.05. The van der Waals surface area contributed by atoms with E-state index in [9.17, 15) is 19.2 Å². The van der Waals surface area contributed by atoms with Crippen molar-refractivity contribution in [1.82, 2.24) is 5.32 Å². The number of carbonyl (C=O) groups is 4. The SMILES string of the molecule is COC(=O)[C@]1(c2ccccc2)N[C@@H](c2ccccc2F)[C@H]2C(=O)N(c3cccc(C(C)=O)c3)C(=O)[C@H]21. The fourth-order valence-electron chi connectivity index (χ4n) is 5.45. The van der Waals surface area contributed by atoms with Gasteiger partial charge in [0.05, 0.1) is 24.6 Å². The highest BCUT2D eigenvalue weighted by Crippen LogP contribution is 2.54. The van der Waals surface area contributed by atoms with E-state index in [4.69, 9.17) is 4.74 Å². The Hall–Kier alpha value is -4.17. The zero-order valence-corrected chi connectivity index (χ0v) is 19.6. The molecule has 36 heavy (non-hydrogen) atoms. The number of methoxy groups -OCH3 is 1. The Balaban J connectivity index is 1.74. The van der Waals surface area contributed by atoms with Crippen LogP contribution in [0, 0.1) is 17.7 Å². The number of anilines is 1. The molecular formula is C28H23FN2O5. The number of imide groups is 1. The van der Waals surface area contributed by atoms with E-state index in [-0.39, 0.29) is 17.0 Å². The third kappa shape index (κ3) is 3.37. The second-order valence-electron chi connectivity index (χ2n) is 8.93. The average Bonchev–Trinajstić information content (AvgIpc) is 3.38. The van der Waals surface area contributed by atoms with E-state index in [0.29, 0.717) is 11.1 Å². The first-order chi connectivity index (χ1) is 17.3. The molecule has 2 heterocycles. The van der Waals surface area contributed by atoms with Crippen LogP contribution in [0.3, 0.4) is 0 Å².